The first kappa shape index (κ1) is 12.7. The van der Waals surface area contributed by atoms with Gasteiger partial charge in [0.1, 0.15) is 6.10 Å². The molecule has 1 fully saturated rings. The molecule has 3 N–H and O–H groups in total. The van der Waals surface area contributed by atoms with Gasteiger partial charge in [0.05, 0.1) is 16.6 Å². The molecule has 0 radical (unpaired) electrons. The van der Waals surface area contributed by atoms with E-state index >= 15 is 0 Å². The molecule has 0 unspecified atom stereocenters. The molecule has 0 amide bonds. The van der Waals surface area contributed by atoms with Crippen molar-refractivity contribution in [3.05, 3.63) is 33.1 Å². The fourth-order valence-electron chi connectivity index (χ4n) is 1.71. The third-order valence-corrected chi connectivity index (χ3v) is 4.13. The van der Waals surface area contributed by atoms with E-state index in [1.54, 1.807) is 0 Å². The Morgan fingerprint density at radius 1 is 1.53 bits per heavy atom. The van der Waals surface area contributed by atoms with Crippen LogP contribution in [0.1, 0.15) is 6.23 Å². The van der Waals surface area contributed by atoms with E-state index in [9.17, 15) is 14.7 Å². The molecular weight excluding hydrogens is 343 g/mol. The lowest BCUT2D eigenvalue weighted by Gasteiger charge is -2.16. The maximum Gasteiger partial charge on any atom is 0.330 e. The summed E-state index contributed by atoms with van der Waals surface area (Å²) < 4.78 is 6.16. The van der Waals surface area contributed by atoms with Crippen LogP contribution in [0.3, 0.4) is 0 Å². The summed E-state index contributed by atoms with van der Waals surface area (Å²) in [6.45, 7) is -0.237. The fraction of sp³-hybridized carbons (Fsp3) is 0.556. The fourth-order valence-corrected chi connectivity index (χ4v) is 2.47. The van der Waals surface area contributed by atoms with Gasteiger partial charge >= 0.3 is 5.69 Å². The standard InChI is InChI=1S/C9H11IN2O5/c10-6-4(3-13)17-8(7(6)15)12-2-1-5(14)11-9(12)16/h1-2,4,6-8,13,15H,3H2,(H,11,14,16)/t4-,6-,7+,8-/m1/s1. The first-order chi connectivity index (χ1) is 8.04. The Balaban J connectivity index is 2.35. The summed E-state index contributed by atoms with van der Waals surface area (Å²) in [6, 6.07) is 1.17. The van der Waals surface area contributed by atoms with E-state index in [4.69, 9.17) is 9.84 Å². The van der Waals surface area contributed by atoms with Crippen molar-refractivity contribution in [2.24, 2.45) is 0 Å². The average Bonchev–Trinajstić information content (AvgIpc) is 2.57. The van der Waals surface area contributed by atoms with Crippen LogP contribution >= 0.6 is 22.6 Å². The van der Waals surface area contributed by atoms with Gasteiger partial charge in [-0.25, -0.2) is 4.79 Å². The summed E-state index contributed by atoms with van der Waals surface area (Å²) in [5, 5.41) is 19.0. The van der Waals surface area contributed by atoms with E-state index in [-0.39, 0.29) is 10.5 Å². The topological polar surface area (TPSA) is 105 Å². The molecule has 2 rings (SSSR count). The summed E-state index contributed by atoms with van der Waals surface area (Å²) in [5.41, 5.74) is -1.16. The number of H-pyrrole nitrogens is 1. The number of hydrogen-bond donors (Lipinski definition) is 3. The summed E-state index contributed by atoms with van der Waals surface area (Å²) >= 11 is 1.96. The van der Waals surface area contributed by atoms with Crippen LogP contribution in [-0.2, 0) is 4.74 Å². The van der Waals surface area contributed by atoms with Crippen molar-refractivity contribution < 1.29 is 14.9 Å². The van der Waals surface area contributed by atoms with Crippen LogP contribution < -0.4 is 11.2 Å². The molecule has 1 aliphatic rings. The van der Waals surface area contributed by atoms with E-state index in [1.807, 2.05) is 22.6 Å². The number of hydrogen-bond acceptors (Lipinski definition) is 5. The first-order valence-corrected chi connectivity index (χ1v) is 6.19. The molecule has 0 bridgehead atoms. The van der Waals surface area contributed by atoms with Gasteiger partial charge in [-0.15, -0.1) is 0 Å². The van der Waals surface area contributed by atoms with Gasteiger partial charge in [0, 0.05) is 12.3 Å². The number of alkyl halides is 1. The Labute approximate surface area is 109 Å². The van der Waals surface area contributed by atoms with Gasteiger partial charge in [0.2, 0.25) is 0 Å². The second kappa shape index (κ2) is 4.88. The van der Waals surface area contributed by atoms with Crippen molar-refractivity contribution in [1.82, 2.24) is 9.55 Å². The van der Waals surface area contributed by atoms with Crippen molar-refractivity contribution in [1.29, 1.82) is 0 Å². The summed E-state index contributed by atoms with van der Waals surface area (Å²) in [7, 11) is 0. The van der Waals surface area contributed by atoms with Crippen LogP contribution in [0.25, 0.3) is 0 Å². The summed E-state index contributed by atoms with van der Waals surface area (Å²) in [5.74, 6) is 0. The maximum absolute atomic E-state index is 11.5. The molecule has 0 aromatic carbocycles. The van der Waals surface area contributed by atoms with Crippen molar-refractivity contribution >= 4 is 22.6 Å². The Morgan fingerprint density at radius 3 is 2.76 bits per heavy atom. The Kier molecular flexibility index (Phi) is 3.66. The van der Waals surface area contributed by atoms with Crippen LogP contribution in [-0.4, -0.2) is 42.5 Å². The number of ether oxygens (including phenoxy) is 1. The predicted octanol–water partition coefficient (Wildman–Crippen LogP) is -1.41. The molecule has 1 aromatic rings. The van der Waals surface area contributed by atoms with Crippen LogP contribution in [0.5, 0.6) is 0 Å². The van der Waals surface area contributed by atoms with Crippen LogP contribution in [0, 0.1) is 0 Å². The number of rotatable bonds is 2. The van der Waals surface area contributed by atoms with Crippen molar-refractivity contribution in [2.45, 2.75) is 22.4 Å². The quantitative estimate of drug-likeness (QED) is 0.447. The number of aliphatic hydroxyl groups excluding tert-OH is 2. The SMILES string of the molecule is O=c1ccn([C@@H]2O[C@H](CO)[C@@H](I)[C@@H]2O)c(=O)[nH]1. The zero-order valence-corrected chi connectivity index (χ0v) is 10.8. The molecule has 94 valence electrons. The van der Waals surface area contributed by atoms with Crippen LogP contribution in [0.15, 0.2) is 21.9 Å². The zero-order chi connectivity index (χ0) is 12.6. The third-order valence-electron chi connectivity index (χ3n) is 2.59. The molecule has 1 aliphatic heterocycles. The second-order valence-electron chi connectivity index (χ2n) is 3.70. The second-order valence-corrected chi connectivity index (χ2v) is 5.14. The van der Waals surface area contributed by atoms with E-state index in [0.717, 1.165) is 4.57 Å². The smallest absolute Gasteiger partial charge is 0.330 e. The molecule has 8 heteroatoms. The number of aromatic nitrogens is 2. The monoisotopic (exact) mass is 354 g/mol. The normalized spacial score (nSPS) is 32.9. The number of halogens is 1. The Hall–Kier alpha value is -0.710. The van der Waals surface area contributed by atoms with E-state index in [1.165, 1.54) is 12.3 Å². The third kappa shape index (κ3) is 2.30. The molecule has 4 atom stereocenters. The van der Waals surface area contributed by atoms with Crippen molar-refractivity contribution in [3.63, 3.8) is 0 Å². The zero-order valence-electron chi connectivity index (χ0n) is 8.62. The summed E-state index contributed by atoms with van der Waals surface area (Å²) in [4.78, 5) is 24.5. The van der Waals surface area contributed by atoms with Gasteiger partial charge in [-0.3, -0.25) is 14.3 Å². The van der Waals surface area contributed by atoms with Crippen molar-refractivity contribution in [2.75, 3.05) is 6.61 Å². The molecule has 0 spiro atoms. The minimum absolute atomic E-state index is 0.237. The predicted molar refractivity (Wildman–Crippen MR) is 66.1 cm³/mol. The van der Waals surface area contributed by atoms with E-state index in [0.29, 0.717) is 0 Å². The molecule has 0 saturated carbocycles. The number of aromatic amines is 1. The van der Waals surface area contributed by atoms with Gasteiger partial charge in [-0.1, -0.05) is 22.6 Å². The van der Waals surface area contributed by atoms with Crippen LogP contribution in [0.4, 0.5) is 0 Å². The van der Waals surface area contributed by atoms with E-state index < -0.39 is 29.7 Å². The minimum atomic E-state index is -0.920. The summed E-state index contributed by atoms with van der Waals surface area (Å²) in [6.07, 6.45) is -1.08. The molecule has 17 heavy (non-hydrogen) atoms. The molecule has 1 saturated heterocycles. The average molecular weight is 354 g/mol. The van der Waals surface area contributed by atoms with E-state index in [2.05, 4.69) is 4.98 Å². The maximum atomic E-state index is 11.5. The lowest BCUT2D eigenvalue weighted by molar-refractivity contribution is -0.0529. The lowest BCUT2D eigenvalue weighted by atomic mass is 10.2. The van der Waals surface area contributed by atoms with Gasteiger partial charge in [0.15, 0.2) is 6.23 Å². The molecule has 1 aromatic heterocycles. The highest BCUT2D eigenvalue weighted by atomic mass is 127. The minimum Gasteiger partial charge on any atom is -0.394 e. The van der Waals surface area contributed by atoms with Crippen molar-refractivity contribution in [3.8, 4) is 0 Å². The number of aliphatic hydroxyl groups is 2. The molecule has 7 nitrogen and oxygen atoms in total. The largest absolute Gasteiger partial charge is 0.394 e. The molecule has 2 heterocycles. The van der Waals surface area contributed by atoms with Gasteiger partial charge in [-0.2, -0.15) is 0 Å². The van der Waals surface area contributed by atoms with Gasteiger partial charge in [-0.05, 0) is 0 Å². The van der Waals surface area contributed by atoms with Gasteiger partial charge in [0.25, 0.3) is 5.56 Å². The highest BCUT2D eigenvalue weighted by Gasteiger charge is 2.43. The lowest BCUT2D eigenvalue weighted by Crippen LogP contribution is -2.36. The molecular formula is C9H11IN2O5. The molecule has 0 aliphatic carbocycles. The first-order valence-electron chi connectivity index (χ1n) is 4.94. The number of nitrogens with zero attached hydrogens (tertiary/aromatic N) is 1. The highest BCUT2D eigenvalue weighted by molar-refractivity contribution is 14.1. The van der Waals surface area contributed by atoms with Crippen LogP contribution in [0.2, 0.25) is 0 Å². The highest BCUT2D eigenvalue weighted by Crippen LogP contribution is 2.32. The Bertz CT molecular complexity index is 513. The van der Waals surface area contributed by atoms with Gasteiger partial charge < -0.3 is 14.9 Å². The Morgan fingerprint density at radius 2 is 2.24 bits per heavy atom. The number of nitrogens with one attached hydrogen (secondary N) is 1.